The number of ether oxygens (including phenoxy) is 1. The van der Waals surface area contributed by atoms with Gasteiger partial charge in [-0.15, -0.1) is 0 Å². The van der Waals surface area contributed by atoms with Crippen LogP contribution < -0.4 is 5.73 Å². The van der Waals surface area contributed by atoms with E-state index in [1.807, 2.05) is 0 Å². The highest BCUT2D eigenvalue weighted by molar-refractivity contribution is 5.34. The van der Waals surface area contributed by atoms with Gasteiger partial charge in [0.2, 0.25) is 0 Å². The molecule has 0 radical (unpaired) electrons. The van der Waals surface area contributed by atoms with Crippen molar-refractivity contribution in [2.24, 2.45) is 5.73 Å². The van der Waals surface area contributed by atoms with Crippen LogP contribution in [0.2, 0.25) is 0 Å². The first-order valence-corrected chi connectivity index (χ1v) is 7.36. The maximum atomic E-state index is 14.1. The molecule has 6 nitrogen and oxygen atoms in total. The smallest absolute Gasteiger partial charge is 0.154 e. The molecule has 1 aliphatic rings. The monoisotopic (exact) mass is 306 g/mol. The number of aromatic nitrogens is 3. The Morgan fingerprint density at radius 3 is 2.77 bits per heavy atom. The molecule has 0 bridgehead atoms. The van der Waals surface area contributed by atoms with Gasteiger partial charge in [0.25, 0.3) is 0 Å². The number of para-hydroxylation sites is 1. The van der Waals surface area contributed by atoms with E-state index in [1.165, 1.54) is 10.7 Å². The number of aliphatic hydroxyl groups is 1. The number of nitrogens with zero attached hydrogens (tertiary/aromatic N) is 3. The first-order chi connectivity index (χ1) is 10.7. The van der Waals surface area contributed by atoms with Crippen molar-refractivity contribution in [3.8, 4) is 5.69 Å². The van der Waals surface area contributed by atoms with Crippen molar-refractivity contribution in [3.63, 3.8) is 0 Å². The van der Waals surface area contributed by atoms with Crippen LogP contribution in [0.15, 0.2) is 24.3 Å². The second-order valence-electron chi connectivity index (χ2n) is 5.37. The lowest BCUT2D eigenvalue weighted by Crippen LogP contribution is -2.20. The Morgan fingerprint density at radius 2 is 2.09 bits per heavy atom. The van der Waals surface area contributed by atoms with E-state index in [0.717, 1.165) is 12.8 Å². The standard InChI is InChI=1S/C15H19FN4O2/c16-11-3-1-2-4-13(11)20-15(12(17)9-21)18-14(19-20)10-5-7-22-8-6-10/h1-4,10,12,21H,5-9,17H2/t12-/m0/s1. The highest BCUT2D eigenvalue weighted by atomic mass is 19.1. The van der Waals surface area contributed by atoms with E-state index >= 15 is 0 Å². The molecule has 2 heterocycles. The van der Waals surface area contributed by atoms with E-state index in [2.05, 4.69) is 10.1 Å². The highest BCUT2D eigenvalue weighted by Gasteiger charge is 2.25. The fourth-order valence-electron chi connectivity index (χ4n) is 2.59. The van der Waals surface area contributed by atoms with Gasteiger partial charge in [0.05, 0.1) is 12.6 Å². The molecule has 1 fully saturated rings. The Labute approximate surface area is 127 Å². The number of hydrogen-bond acceptors (Lipinski definition) is 5. The molecule has 0 spiro atoms. The maximum absolute atomic E-state index is 14.1. The third-order valence-electron chi connectivity index (χ3n) is 3.84. The zero-order valence-electron chi connectivity index (χ0n) is 12.2. The molecule has 7 heteroatoms. The van der Waals surface area contributed by atoms with Gasteiger partial charge in [-0.3, -0.25) is 0 Å². The van der Waals surface area contributed by atoms with Gasteiger partial charge in [0.15, 0.2) is 11.6 Å². The predicted molar refractivity (Wildman–Crippen MR) is 78.1 cm³/mol. The summed E-state index contributed by atoms with van der Waals surface area (Å²) < 4.78 is 20.8. The molecule has 2 aromatic rings. The van der Waals surface area contributed by atoms with Gasteiger partial charge in [-0.25, -0.2) is 14.1 Å². The quantitative estimate of drug-likeness (QED) is 0.889. The minimum atomic E-state index is -0.708. The van der Waals surface area contributed by atoms with Gasteiger partial charge in [-0.1, -0.05) is 12.1 Å². The van der Waals surface area contributed by atoms with Crippen molar-refractivity contribution < 1.29 is 14.2 Å². The zero-order valence-corrected chi connectivity index (χ0v) is 12.2. The Hall–Kier alpha value is -1.83. The van der Waals surface area contributed by atoms with Crippen LogP contribution in [0.5, 0.6) is 0 Å². The Morgan fingerprint density at radius 1 is 1.36 bits per heavy atom. The van der Waals surface area contributed by atoms with Crippen molar-refractivity contribution >= 4 is 0 Å². The summed E-state index contributed by atoms with van der Waals surface area (Å²) in [5, 5.41) is 13.8. The van der Waals surface area contributed by atoms with Gasteiger partial charge in [0, 0.05) is 19.1 Å². The fourth-order valence-corrected chi connectivity index (χ4v) is 2.59. The molecule has 0 aliphatic carbocycles. The summed E-state index contributed by atoms with van der Waals surface area (Å²) in [5.74, 6) is 0.767. The van der Waals surface area contributed by atoms with Crippen LogP contribution in [0.1, 0.15) is 36.5 Å². The molecule has 1 aromatic heterocycles. The molecule has 118 valence electrons. The van der Waals surface area contributed by atoms with Crippen molar-refractivity contribution in [2.45, 2.75) is 24.8 Å². The predicted octanol–water partition coefficient (Wildman–Crippen LogP) is 1.29. The average Bonchev–Trinajstić information content (AvgIpc) is 3.00. The van der Waals surface area contributed by atoms with Crippen molar-refractivity contribution in [3.05, 3.63) is 41.7 Å². The molecular weight excluding hydrogens is 287 g/mol. The topological polar surface area (TPSA) is 86.2 Å². The van der Waals surface area contributed by atoms with Crippen LogP contribution in [0, 0.1) is 5.82 Å². The van der Waals surface area contributed by atoms with E-state index < -0.39 is 11.9 Å². The molecule has 22 heavy (non-hydrogen) atoms. The van der Waals surface area contributed by atoms with Gasteiger partial charge >= 0.3 is 0 Å². The molecule has 3 N–H and O–H groups in total. The van der Waals surface area contributed by atoms with Crippen LogP contribution in [0.3, 0.4) is 0 Å². The number of halogens is 1. The number of nitrogens with two attached hydrogens (primary N) is 1. The summed E-state index contributed by atoms with van der Waals surface area (Å²) in [5.41, 5.74) is 6.19. The number of rotatable bonds is 4. The van der Waals surface area contributed by atoms with E-state index in [-0.39, 0.29) is 18.2 Å². The van der Waals surface area contributed by atoms with E-state index in [9.17, 15) is 9.50 Å². The minimum absolute atomic E-state index is 0.173. The summed E-state index contributed by atoms with van der Waals surface area (Å²) in [6, 6.07) is 5.61. The SMILES string of the molecule is N[C@@H](CO)c1nc(C2CCOCC2)nn1-c1ccccc1F. The second-order valence-corrected chi connectivity index (χ2v) is 5.37. The molecule has 1 aromatic carbocycles. The van der Waals surface area contributed by atoms with Crippen LogP contribution in [0.4, 0.5) is 4.39 Å². The zero-order chi connectivity index (χ0) is 15.5. The third kappa shape index (κ3) is 2.87. The molecule has 1 atom stereocenters. The van der Waals surface area contributed by atoms with Gasteiger partial charge in [-0.05, 0) is 25.0 Å². The lowest BCUT2D eigenvalue weighted by atomic mass is 10.00. The third-order valence-corrected chi connectivity index (χ3v) is 3.84. The summed E-state index contributed by atoms with van der Waals surface area (Å²) in [4.78, 5) is 4.47. The summed E-state index contributed by atoms with van der Waals surface area (Å²) >= 11 is 0. The average molecular weight is 306 g/mol. The van der Waals surface area contributed by atoms with Gasteiger partial charge in [-0.2, -0.15) is 5.10 Å². The first-order valence-electron chi connectivity index (χ1n) is 7.36. The molecule has 1 saturated heterocycles. The molecular formula is C15H19FN4O2. The molecule has 0 saturated carbocycles. The summed E-state index contributed by atoms with van der Waals surface area (Å²) in [6.45, 7) is 1.06. The van der Waals surface area contributed by atoms with Crippen LogP contribution >= 0.6 is 0 Å². The highest BCUT2D eigenvalue weighted by Crippen LogP contribution is 2.27. The lowest BCUT2D eigenvalue weighted by Gasteiger charge is -2.18. The van der Waals surface area contributed by atoms with Gasteiger partial charge in [0.1, 0.15) is 11.5 Å². The van der Waals surface area contributed by atoms with Crippen molar-refractivity contribution in [2.75, 3.05) is 19.8 Å². The Bertz CT molecular complexity index is 640. The molecule has 1 aliphatic heterocycles. The van der Waals surface area contributed by atoms with E-state index in [0.29, 0.717) is 24.9 Å². The van der Waals surface area contributed by atoms with Crippen molar-refractivity contribution in [1.29, 1.82) is 0 Å². The number of aliphatic hydroxyl groups excluding tert-OH is 1. The molecule has 3 rings (SSSR count). The first kappa shape index (κ1) is 15.1. The van der Waals surface area contributed by atoms with Gasteiger partial charge < -0.3 is 15.6 Å². The Kier molecular flexibility index (Phi) is 4.47. The van der Waals surface area contributed by atoms with Crippen LogP contribution in [-0.4, -0.2) is 39.7 Å². The molecule has 0 amide bonds. The van der Waals surface area contributed by atoms with Crippen molar-refractivity contribution in [1.82, 2.24) is 14.8 Å². The number of benzene rings is 1. The fraction of sp³-hybridized carbons (Fsp3) is 0.467. The van der Waals surface area contributed by atoms with Crippen LogP contribution in [0.25, 0.3) is 5.69 Å². The maximum Gasteiger partial charge on any atom is 0.154 e. The number of hydrogen-bond donors (Lipinski definition) is 2. The van der Waals surface area contributed by atoms with Crippen LogP contribution in [-0.2, 0) is 4.74 Å². The molecule has 0 unspecified atom stereocenters. The normalized spacial score (nSPS) is 17.6. The summed E-state index contributed by atoms with van der Waals surface area (Å²) in [6.07, 6.45) is 1.66. The van der Waals surface area contributed by atoms with E-state index in [1.54, 1.807) is 18.2 Å². The summed E-state index contributed by atoms with van der Waals surface area (Å²) in [7, 11) is 0. The minimum Gasteiger partial charge on any atom is -0.394 e. The lowest BCUT2D eigenvalue weighted by molar-refractivity contribution is 0.0836. The Balaban J connectivity index is 2.03. The van der Waals surface area contributed by atoms with E-state index in [4.69, 9.17) is 10.5 Å². The second kappa shape index (κ2) is 6.51. The largest absolute Gasteiger partial charge is 0.394 e.